The Kier molecular flexibility index (Phi) is 3.13. The minimum absolute atomic E-state index is 0.158. The lowest BCUT2D eigenvalue weighted by Gasteiger charge is -2.15. The van der Waals surface area contributed by atoms with E-state index in [-0.39, 0.29) is 6.04 Å². The van der Waals surface area contributed by atoms with Crippen LogP contribution < -0.4 is 5.32 Å². The van der Waals surface area contributed by atoms with Crippen LogP contribution in [0.5, 0.6) is 0 Å². The second-order valence-corrected chi connectivity index (χ2v) is 5.36. The van der Waals surface area contributed by atoms with Gasteiger partial charge in [0.1, 0.15) is 17.0 Å². The number of anilines is 1. The minimum atomic E-state index is 0.158. The Morgan fingerprint density at radius 1 is 1.16 bits per heavy atom. The molecule has 0 spiro atoms. The van der Waals surface area contributed by atoms with E-state index in [1.54, 1.807) is 17.7 Å². The van der Waals surface area contributed by atoms with Gasteiger partial charge in [-0.1, -0.05) is 6.07 Å². The topological polar surface area (TPSA) is 50.7 Å². The first-order chi connectivity index (χ1) is 9.24. The van der Waals surface area contributed by atoms with Crippen LogP contribution in [-0.4, -0.2) is 15.0 Å². The Hall–Kier alpha value is -2.01. The highest BCUT2D eigenvalue weighted by atomic mass is 32.1. The zero-order valence-corrected chi connectivity index (χ0v) is 11.6. The van der Waals surface area contributed by atoms with Gasteiger partial charge in [0.15, 0.2) is 0 Å². The molecule has 0 aromatic carbocycles. The number of pyridine rings is 1. The summed E-state index contributed by atoms with van der Waals surface area (Å²) < 4.78 is 0. The standard InChI is InChI=1S/C14H14N4S/c1-9-3-4-11(7-15-9)10(2)18-13-12-5-6-19-14(12)17-8-16-13/h3-8,10H,1-2H3,(H,16,17,18)/t10-/m0/s1. The maximum absolute atomic E-state index is 4.33. The molecule has 5 heteroatoms. The van der Waals surface area contributed by atoms with Gasteiger partial charge >= 0.3 is 0 Å². The van der Waals surface area contributed by atoms with Gasteiger partial charge in [0.05, 0.1) is 11.4 Å². The zero-order chi connectivity index (χ0) is 13.2. The molecule has 0 saturated carbocycles. The molecule has 0 aliphatic carbocycles. The van der Waals surface area contributed by atoms with Crippen LogP contribution in [0.25, 0.3) is 10.2 Å². The largest absolute Gasteiger partial charge is 0.363 e. The third-order valence-corrected chi connectivity index (χ3v) is 3.87. The molecular weight excluding hydrogens is 256 g/mol. The van der Waals surface area contributed by atoms with Crippen molar-refractivity contribution in [1.29, 1.82) is 0 Å². The molecule has 0 unspecified atom stereocenters. The van der Waals surface area contributed by atoms with Crippen LogP contribution >= 0.6 is 11.3 Å². The Morgan fingerprint density at radius 2 is 2.05 bits per heavy atom. The maximum Gasteiger partial charge on any atom is 0.138 e. The first kappa shape index (κ1) is 12.0. The minimum Gasteiger partial charge on any atom is -0.363 e. The quantitative estimate of drug-likeness (QED) is 0.790. The van der Waals surface area contributed by atoms with E-state index in [4.69, 9.17) is 0 Å². The lowest BCUT2D eigenvalue weighted by molar-refractivity contribution is 0.865. The van der Waals surface area contributed by atoms with Crippen molar-refractivity contribution in [3.8, 4) is 0 Å². The van der Waals surface area contributed by atoms with Gasteiger partial charge in [-0.15, -0.1) is 11.3 Å². The lowest BCUT2D eigenvalue weighted by Crippen LogP contribution is -2.08. The summed E-state index contributed by atoms with van der Waals surface area (Å²) in [4.78, 5) is 13.9. The molecule has 0 radical (unpaired) electrons. The van der Waals surface area contributed by atoms with Gasteiger partial charge in [0, 0.05) is 11.9 Å². The fraction of sp³-hybridized carbons (Fsp3) is 0.214. The van der Waals surface area contributed by atoms with Crippen molar-refractivity contribution < 1.29 is 0 Å². The first-order valence-electron chi connectivity index (χ1n) is 6.11. The third kappa shape index (κ3) is 2.42. The van der Waals surface area contributed by atoms with Gasteiger partial charge in [-0.3, -0.25) is 4.98 Å². The van der Waals surface area contributed by atoms with Crippen LogP contribution in [0.2, 0.25) is 0 Å². The van der Waals surface area contributed by atoms with Gasteiger partial charge in [-0.25, -0.2) is 9.97 Å². The summed E-state index contributed by atoms with van der Waals surface area (Å²) in [6, 6.07) is 6.31. The molecule has 0 bridgehead atoms. The number of hydrogen-bond acceptors (Lipinski definition) is 5. The van der Waals surface area contributed by atoms with E-state index >= 15 is 0 Å². The van der Waals surface area contributed by atoms with E-state index in [1.165, 1.54) is 0 Å². The molecule has 0 fully saturated rings. The van der Waals surface area contributed by atoms with Crippen molar-refractivity contribution in [2.24, 2.45) is 0 Å². The predicted octanol–water partition coefficient (Wildman–Crippen LogP) is 3.57. The predicted molar refractivity (Wildman–Crippen MR) is 78.4 cm³/mol. The molecule has 19 heavy (non-hydrogen) atoms. The van der Waals surface area contributed by atoms with Gasteiger partial charge < -0.3 is 5.32 Å². The number of rotatable bonds is 3. The van der Waals surface area contributed by atoms with Crippen LogP contribution in [0.15, 0.2) is 36.1 Å². The highest BCUT2D eigenvalue weighted by Crippen LogP contribution is 2.26. The summed E-state index contributed by atoms with van der Waals surface area (Å²) in [6.45, 7) is 4.09. The van der Waals surface area contributed by atoms with E-state index in [0.29, 0.717) is 0 Å². The van der Waals surface area contributed by atoms with Crippen LogP contribution in [0.3, 0.4) is 0 Å². The van der Waals surface area contributed by atoms with Gasteiger partial charge in [-0.2, -0.15) is 0 Å². The lowest BCUT2D eigenvalue weighted by atomic mass is 10.1. The summed E-state index contributed by atoms with van der Waals surface area (Å²) in [5.74, 6) is 0.874. The van der Waals surface area contributed by atoms with Gasteiger partial charge in [0.2, 0.25) is 0 Å². The van der Waals surface area contributed by atoms with Crippen molar-refractivity contribution in [1.82, 2.24) is 15.0 Å². The number of nitrogens with zero attached hydrogens (tertiary/aromatic N) is 3. The molecule has 96 valence electrons. The fourth-order valence-electron chi connectivity index (χ4n) is 1.93. The second kappa shape index (κ2) is 4.93. The van der Waals surface area contributed by atoms with Gasteiger partial charge in [0.25, 0.3) is 0 Å². The number of thiophene rings is 1. The third-order valence-electron chi connectivity index (χ3n) is 3.05. The van der Waals surface area contributed by atoms with E-state index in [2.05, 4.69) is 33.3 Å². The van der Waals surface area contributed by atoms with E-state index in [0.717, 1.165) is 27.3 Å². The first-order valence-corrected chi connectivity index (χ1v) is 6.99. The summed E-state index contributed by atoms with van der Waals surface area (Å²) in [6.07, 6.45) is 3.50. The molecule has 3 rings (SSSR count). The summed E-state index contributed by atoms with van der Waals surface area (Å²) in [5.41, 5.74) is 2.17. The number of hydrogen-bond donors (Lipinski definition) is 1. The molecule has 0 aliphatic rings. The van der Waals surface area contributed by atoms with Crippen molar-refractivity contribution in [3.05, 3.63) is 47.4 Å². The molecule has 3 aromatic rings. The summed E-state index contributed by atoms with van der Waals surface area (Å²) in [5, 5.41) is 6.52. The zero-order valence-electron chi connectivity index (χ0n) is 10.8. The molecule has 3 aromatic heterocycles. The molecule has 0 amide bonds. The number of nitrogens with one attached hydrogen (secondary N) is 1. The van der Waals surface area contributed by atoms with E-state index in [1.807, 2.05) is 30.6 Å². The summed E-state index contributed by atoms with van der Waals surface area (Å²) in [7, 11) is 0. The smallest absolute Gasteiger partial charge is 0.138 e. The van der Waals surface area contributed by atoms with Crippen molar-refractivity contribution in [2.75, 3.05) is 5.32 Å². The average molecular weight is 270 g/mol. The molecular formula is C14H14N4S. The second-order valence-electron chi connectivity index (χ2n) is 4.46. The number of aryl methyl sites for hydroxylation is 1. The Bertz CT molecular complexity index is 690. The Balaban J connectivity index is 1.88. The highest BCUT2D eigenvalue weighted by molar-refractivity contribution is 7.16. The molecule has 1 atom stereocenters. The Morgan fingerprint density at radius 3 is 2.84 bits per heavy atom. The number of aromatic nitrogens is 3. The van der Waals surface area contributed by atoms with Crippen molar-refractivity contribution in [3.63, 3.8) is 0 Å². The average Bonchev–Trinajstić information content (AvgIpc) is 2.89. The number of fused-ring (bicyclic) bond motifs is 1. The van der Waals surface area contributed by atoms with Crippen molar-refractivity contribution in [2.45, 2.75) is 19.9 Å². The molecule has 1 N–H and O–H groups in total. The maximum atomic E-state index is 4.33. The molecule has 0 aliphatic heterocycles. The molecule has 0 saturated heterocycles. The van der Waals surface area contributed by atoms with Gasteiger partial charge in [-0.05, 0) is 36.9 Å². The molecule has 3 heterocycles. The van der Waals surface area contributed by atoms with Crippen LogP contribution in [-0.2, 0) is 0 Å². The van der Waals surface area contributed by atoms with Crippen molar-refractivity contribution >= 4 is 27.4 Å². The molecule has 4 nitrogen and oxygen atoms in total. The van der Waals surface area contributed by atoms with Crippen LogP contribution in [0.4, 0.5) is 5.82 Å². The SMILES string of the molecule is Cc1ccc([C@H](C)Nc2ncnc3sccc23)cn1. The Labute approximate surface area is 115 Å². The summed E-state index contributed by atoms with van der Waals surface area (Å²) >= 11 is 1.62. The van der Waals surface area contributed by atoms with E-state index < -0.39 is 0 Å². The normalized spacial score (nSPS) is 12.5. The highest BCUT2D eigenvalue weighted by Gasteiger charge is 2.10. The monoisotopic (exact) mass is 270 g/mol. The fourth-order valence-corrected chi connectivity index (χ4v) is 2.66. The van der Waals surface area contributed by atoms with Crippen LogP contribution in [0, 0.1) is 6.92 Å². The van der Waals surface area contributed by atoms with Crippen LogP contribution in [0.1, 0.15) is 24.2 Å². The van der Waals surface area contributed by atoms with E-state index in [9.17, 15) is 0 Å².